The zero-order valence-electron chi connectivity index (χ0n) is 12.7. The van der Waals surface area contributed by atoms with Crippen molar-refractivity contribution in [2.75, 3.05) is 6.61 Å². The summed E-state index contributed by atoms with van der Waals surface area (Å²) in [4.78, 5) is 0. The second-order valence-electron chi connectivity index (χ2n) is 7.12. The molecule has 2 fully saturated rings. The lowest BCUT2D eigenvalue weighted by Crippen LogP contribution is -2.27. The van der Waals surface area contributed by atoms with Crippen molar-refractivity contribution < 1.29 is 4.74 Å². The highest BCUT2D eigenvalue weighted by Gasteiger charge is 2.31. The summed E-state index contributed by atoms with van der Waals surface area (Å²) in [6.45, 7) is 3.20. The molecule has 2 saturated carbocycles. The zero-order valence-corrected chi connectivity index (χ0v) is 12.7. The van der Waals surface area contributed by atoms with Crippen LogP contribution in [0.3, 0.4) is 0 Å². The quantitative estimate of drug-likeness (QED) is 0.853. The Labute approximate surface area is 125 Å². The SMILES string of the molecule is CC1(COc2cc3nncn3cc2C2CC2)CCCCC1. The molecule has 21 heavy (non-hydrogen) atoms. The fourth-order valence-electron chi connectivity index (χ4n) is 3.50. The summed E-state index contributed by atoms with van der Waals surface area (Å²) in [6.07, 6.45) is 13.1. The van der Waals surface area contributed by atoms with Gasteiger partial charge in [0.1, 0.15) is 12.1 Å². The predicted octanol–water partition coefficient (Wildman–Crippen LogP) is 3.96. The monoisotopic (exact) mass is 285 g/mol. The van der Waals surface area contributed by atoms with Crippen LogP contribution in [-0.2, 0) is 0 Å². The Morgan fingerprint density at radius 1 is 1.29 bits per heavy atom. The van der Waals surface area contributed by atoms with Gasteiger partial charge in [0.2, 0.25) is 0 Å². The number of hydrogen-bond acceptors (Lipinski definition) is 3. The van der Waals surface area contributed by atoms with Crippen molar-refractivity contribution in [3.63, 3.8) is 0 Å². The molecular weight excluding hydrogens is 262 g/mol. The van der Waals surface area contributed by atoms with E-state index >= 15 is 0 Å². The molecule has 0 aromatic carbocycles. The number of pyridine rings is 1. The molecule has 0 amide bonds. The Kier molecular flexibility index (Phi) is 3.12. The van der Waals surface area contributed by atoms with Crippen molar-refractivity contribution >= 4 is 5.65 Å². The maximum Gasteiger partial charge on any atom is 0.164 e. The van der Waals surface area contributed by atoms with Crippen LogP contribution in [0.15, 0.2) is 18.6 Å². The Bertz CT molecular complexity index is 639. The van der Waals surface area contributed by atoms with Gasteiger partial charge in [0.05, 0.1) is 6.61 Å². The van der Waals surface area contributed by atoms with Crippen molar-refractivity contribution in [3.8, 4) is 5.75 Å². The Morgan fingerprint density at radius 3 is 2.86 bits per heavy atom. The molecule has 112 valence electrons. The Morgan fingerprint density at radius 2 is 2.10 bits per heavy atom. The second kappa shape index (κ2) is 5.00. The fraction of sp³-hybridized carbons (Fsp3) is 0.647. The largest absolute Gasteiger partial charge is 0.493 e. The molecule has 0 spiro atoms. The van der Waals surface area contributed by atoms with E-state index in [-0.39, 0.29) is 0 Å². The standard InChI is InChI=1S/C17H23N3O/c1-17(7-3-2-4-8-17)11-21-15-9-16-19-18-12-20(16)10-14(15)13-5-6-13/h9-10,12-13H,2-8,11H2,1H3. The van der Waals surface area contributed by atoms with Gasteiger partial charge < -0.3 is 4.74 Å². The average Bonchev–Trinajstić information content (AvgIpc) is 3.24. The van der Waals surface area contributed by atoms with Gasteiger partial charge in [-0.1, -0.05) is 26.2 Å². The summed E-state index contributed by atoms with van der Waals surface area (Å²) >= 11 is 0. The maximum atomic E-state index is 6.28. The van der Waals surface area contributed by atoms with Crippen molar-refractivity contribution in [1.82, 2.24) is 14.6 Å². The van der Waals surface area contributed by atoms with Gasteiger partial charge in [-0.2, -0.15) is 0 Å². The minimum absolute atomic E-state index is 0.346. The molecule has 0 unspecified atom stereocenters. The highest BCUT2D eigenvalue weighted by molar-refractivity contribution is 5.49. The van der Waals surface area contributed by atoms with E-state index in [9.17, 15) is 0 Å². The summed E-state index contributed by atoms with van der Waals surface area (Å²) in [6, 6.07) is 2.06. The van der Waals surface area contributed by atoms with Crippen molar-refractivity contribution in [2.24, 2.45) is 5.41 Å². The summed E-state index contributed by atoms with van der Waals surface area (Å²) in [5.41, 5.74) is 2.56. The third-order valence-electron chi connectivity index (χ3n) is 5.08. The second-order valence-corrected chi connectivity index (χ2v) is 7.12. The number of fused-ring (bicyclic) bond motifs is 1. The third kappa shape index (κ3) is 2.63. The molecule has 4 nitrogen and oxygen atoms in total. The van der Waals surface area contributed by atoms with Crippen LogP contribution in [0.25, 0.3) is 5.65 Å². The molecule has 0 N–H and O–H groups in total. The predicted molar refractivity (Wildman–Crippen MR) is 81.6 cm³/mol. The molecule has 4 rings (SSSR count). The smallest absolute Gasteiger partial charge is 0.164 e. The van der Waals surface area contributed by atoms with Crippen LogP contribution in [0.5, 0.6) is 5.75 Å². The molecule has 2 heterocycles. The number of ether oxygens (including phenoxy) is 1. The van der Waals surface area contributed by atoms with Gasteiger partial charge in [0.15, 0.2) is 5.65 Å². The lowest BCUT2D eigenvalue weighted by Gasteiger charge is -2.33. The van der Waals surface area contributed by atoms with E-state index < -0.39 is 0 Å². The molecule has 4 heteroatoms. The van der Waals surface area contributed by atoms with Gasteiger partial charge in [-0.3, -0.25) is 4.40 Å². The molecule has 2 aromatic heterocycles. The van der Waals surface area contributed by atoms with Crippen LogP contribution in [0.1, 0.15) is 63.4 Å². The molecule has 0 aliphatic heterocycles. The normalized spacial score (nSPS) is 21.6. The summed E-state index contributed by atoms with van der Waals surface area (Å²) in [5.74, 6) is 1.70. The molecule has 0 saturated heterocycles. The zero-order chi connectivity index (χ0) is 14.3. The minimum atomic E-state index is 0.346. The highest BCUT2D eigenvalue weighted by Crippen LogP contribution is 2.45. The summed E-state index contributed by atoms with van der Waals surface area (Å²) in [7, 11) is 0. The molecular formula is C17H23N3O. The lowest BCUT2D eigenvalue weighted by atomic mass is 9.76. The Balaban J connectivity index is 1.58. The number of nitrogens with zero attached hydrogens (tertiary/aromatic N) is 3. The number of hydrogen-bond donors (Lipinski definition) is 0. The van der Waals surface area contributed by atoms with E-state index in [1.165, 1.54) is 50.5 Å². The lowest BCUT2D eigenvalue weighted by molar-refractivity contribution is 0.115. The van der Waals surface area contributed by atoms with Crippen molar-refractivity contribution in [2.45, 2.75) is 57.8 Å². The van der Waals surface area contributed by atoms with Gasteiger partial charge in [0.25, 0.3) is 0 Å². The van der Waals surface area contributed by atoms with E-state index in [0.29, 0.717) is 11.3 Å². The van der Waals surface area contributed by atoms with Gasteiger partial charge in [-0.15, -0.1) is 10.2 Å². The maximum absolute atomic E-state index is 6.28. The van der Waals surface area contributed by atoms with Crippen LogP contribution in [-0.4, -0.2) is 21.2 Å². The molecule has 2 aromatic rings. The van der Waals surface area contributed by atoms with E-state index in [0.717, 1.165) is 18.0 Å². The third-order valence-corrected chi connectivity index (χ3v) is 5.08. The van der Waals surface area contributed by atoms with Gasteiger partial charge in [0, 0.05) is 23.2 Å². The first-order chi connectivity index (χ1) is 10.2. The highest BCUT2D eigenvalue weighted by atomic mass is 16.5. The molecule has 0 bridgehead atoms. The molecule has 0 radical (unpaired) electrons. The Hall–Kier alpha value is -1.58. The summed E-state index contributed by atoms with van der Waals surface area (Å²) < 4.78 is 8.28. The first-order valence-corrected chi connectivity index (χ1v) is 8.20. The number of aromatic nitrogens is 3. The van der Waals surface area contributed by atoms with Crippen LogP contribution in [0, 0.1) is 5.41 Å². The van der Waals surface area contributed by atoms with Crippen LogP contribution < -0.4 is 4.74 Å². The van der Waals surface area contributed by atoms with Gasteiger partial charge >= 0.3 is 0 Å². The average molecular weight is 285 g/mol. The van der Waals surface area contributed by atoms with Crippen molar-refractivity contribution in [1.29, 1.82) is 0 Å². The van der Waals surface area contributed by atoms with E-state index in [2.05, 4.69) is 29.4 Å². The summed E-state index contributed by atoms with van der Waals surface area (Å²) in [5, 5.41) is 8.13. The van der Waals surface area contributed by atoms with Crippen LogP contribution in [0.4, 0.5) is 0 Å². The van der Waals surface area contributed by atoms with E-state index in [1.807, 2.05) is 4.40 Å². The minimum Gasteiger partial charge on any atom is -0.493 e. The van der Waals surface area contributed by atoms with Crippen molar-refractivity contribution in [3.05, 3.63) is 24.2 Å². The first kappa shape index (κ1) is 13.1. The first-order valence-electron chi connectivity index (χ1n) is 8.20. The topological polar surface area (TPSA) is 39.4 Å². The number of rotatable bonds is 4. The van der Waals surface area contributed by atoms with Crippen LogP contribution >= 0.6 is 0 Å². The molecule has 0 atom stereocenters. The molecule has 2 aliphatic rings. The van der Waals surface area contributed by atoms with E-state index in [4.69, 9.17) is 4.74 Å². The van der Waals surface area contributed by atoms with Gasteiger partial charge in [-0.25, -0.2) is 0 Å². The molecule has 2 aliphatic carbocycles. The van der Waals surface area contributed by atoms with Crippen LogP contribution in [0.2, 0.25) is 0 Å². The fourth-order valence-corrected chi connectivity index (χ4v) is 3.50. The van der Waals surface area contributed by atoms with Gasteiger partial charge in [-0.05, 0) is 31.6 Å². The van der Waals surface area contributed by atoms with E-state index in [1.54, 1.807) is 6.33 Å².